The normalized spacial score (nSPS) is 12.8. The fourth-order valence-electron chi connectivity index (χ4n) is 4.21. The summed E-state index contributed by atoms with van der Waals surface area (Å²) in [5.41, 5.74) is 4.81. The lowest BCUT2D eigenvalue weighted by atomic mass is 9.94. The number of hydrogen-bond donors (Lipinski definition) is 1. The zero-order chi connectivity index (χ0) is 24.2. The maximum Gasteiger partial charge on any atom is 0.254 e. The molecule has 8 heteroatoms. The van der Waals surface area contributed by atoms with Crippen LogP contribution < -0.4 is 10.1 Å². The van der Waals surface area contributed by atoms with Crippen LogP contribution in [-0.4, -0.2) is 41.6 Å². The number of carbonyl (C=O) groups excluding carboxylic acids is 2. The molecule has 2 amide bonds. The van der Waals surface area contributed by atoms with Crippen molar-refractivity contribution in [2.75, 3.05) is 19.9 Å². The van der Waals surface area contributed by atoms with E-state index in [0.29, 0.717) is 31.6 Å². The quantitative estimate of drug-likeness (QED) is 0.531. The second kappa shape index (κ2) is 10.3. The predicted octanol–water partition coefficient (Wildman–Crippen LogP) is 4.39. The molecule has 2 aromatic carbocycles. The van der Waals surface area contributed by atoms with Crippen molar-refractivity contribution < 1.29 is 18.7 Å². The number of nitrogens with one attached hydrogen (secondary N) is 1. The second-order valence-corrected chi connectivity index (χ2v) is 8.88. The SMILES string of the molecule is COc1ccc(C(=O)N2CCc3c(cnc(C)c3CNC(=O)c3ccccc3SC)C2)cc1F. The molecule has 1 aliphatic rings. The van der Waals surface area contributed by atoms with Crippen LogP contribution in [0.4, 0.5) is 4.39 Å². The first-order valence-electron chi connectivity index (χ1n) is 10.9. The van der Waals surface area contributed by atoms with Gasteiger partial charge in [0.15, 0.2) is 11.6 Å². The summed E-state index contributed by atoms with van der Waals surface area (Å²) in [6, 6.07) is 11.7. The molecule has 6 nitrogen and oxygen atoms in total. The number of halogens is 1. The fourth-order valence-corrected chi connectivity index (χ4v) is 4.80. The summed E-state index contributed by atoms with van der Waals surface area (Å²) in [6.45, 7) is 3.17. The third-order valence-corrected chi connectivity index (χ3v) is 6.85. The zero-order valence-corrected chi connectivity index (χ0v) is 20.2. The van der Waals surface area contributed by atoms with Gasteiger partial charge in [0.25, 0.3) is 11.8 Å². The number of aromatic nitrogens is 1. The van der Waals surface area contributed by atoms with Crippen LogP contribution in [0, 0.1) is 12.7 Å². The summed E-state index contributed by atoms with van der Waals surface area (Å²) in [5.74, 6) is -0.830. The van der Waals surface area contributed by atoms with Gasteiger partial charge in [-0.15, -0.1) is 11.8 Å². The third-order valence-electron chi connectivity index (χ3n) is 6.06. The van der Waals surface area contributed by atoms with Gasteiger partial charge in [0, 0.05) is 42.0 Å². The van der Waals surface area contributed by atoms with Gasteiger partial charge in [-0.2, -0.15) is 0 Å². The van der Waals surface area contributed by atoms with E-state index in [1.165, 1.54) is 31.0 Å². The number of pyridine rings is 1. The molecule has 1 N–H and O–H groups in total. The van der Waals surface area contributed by atoms with Crippen LogP contribution in [0.3, 0.4) is 0 Å². The van der Waals surface area contributed by atoms with Gasteiger partial charge >= 0.3 is 0 Å². The van der Waals surface area contributed by atoms with E-state index in [1.807, 2.05) is 37.4 Å². The molecule has 0 bridgehead atoms. The Morgan fingerprint density at radius 2 is 2.03 bits per heavy atom. The summed E-state index contributed by atoms with van der Waals surface area (Å²) in [5, 5.41) is 3.03. The predicted molar refractivity (Wildman–Crippen MR) is 130 cm³/mol. The number of aryl methyl sites for hydroxylation is 1. The first-order chi connectivity index (χ1) is 16.4. The van der Waals surface area contributed by atoms with Gasteiger partial charge in [-0.25, -0.2) is 4.39 Å². The van der Waals surface area contributed by atoms with Crippen LogP contribution in [0.25, 0.3) is 0 Å². The van der Waals surface area contributed by atoms with E-state index in [0.717, 1.165) is 27.3 Å². The molecule has 0 spiro atoms. The van der Waals surface area contributed by atoms with Gasteiger partial charge in [0.1, 0.15) is 0 Å². The van der Waals surface area contributed by atoms with E-state index >= 15 is 0 Å². The van der Waals surface area contributed by atoms with Crippen molar-refractivity contribution in [3.63, 3.8) is 0 Å². The molecule has 1 aliphatic heterocycles. The molecule has 4 rings (SSSR count). The van der Waals surface area contributed by atoms with Gasteiger partial charge in [-0.05, 0) is 66.6 Å². The Kier molecular flexibility index (Phi) is 7.17. The molecule has 0 saturated heterocycles. The maximum absolute atomic E-state index is 14.1. The van der Waals surface area contributed by atoms with Gasteiger partial charge in [-0.3, -0.25) is 14.6 Å². The highest BCUT2D eigenvalue weighted by Gasteiger charge is 2.25. The smallest absolute Gasteiger partial charge is 0.254 e. The molecular weight excluding hydrogens is 453 g/mol. The van der Waals surface area contributed by atoms with Gasteiger partial charge in [-0.1, -0.05) is 12.1 Å². The topological polar surface area (TPSA) is 71.5 Å². The van der Waals surface area contributed by atoms with Gasteiger partial charge in [0.05, 0.1) is 12.7 Å². The number of amides is 2. The van der Waals surface area contributed by atoms with E-state index in [2.05, 4.69) is 10.3 Å². The number of ether oxygens (including phenoxy) is 1. The van der Waals surface area contributed by atoms with Crippen LogP contribution in [0.2, 0.25) is 0 Å². The molecule has 0 saturated carbocycles. The number of carbonyl (C=O) groups is 2. The number of hydrogen-bond acceptors (Lipinski definition) is 5. The molecule has 0 aliphatic carbocycles. The summed E-state index contributed by atoms with van der Waals surface area (Å²) in [6.07, 6.45) is 4.36. The summed E-state index contributed by atoms with van der Waals surface area (Å²) in [7, 11) is 1.39. The Balaban J connectivity index is 1.50. The number of benzene rings is 2. The van der Waals surface area contributed by atoms with Crippen LogP contribution in [0.5, 0.6) is 5.75 Å². The molecule has 34 heavy (non-hydrogen) atoms. The van der Waals surface area contributed by atoms with Crippen molar-refractivity contribution >= 4 is 23.6 Å². The second-order valence-electron chi connectivity index (χ2n) is 8.03. The van der Waals surface area contributed by atoms with E-state index in [-0.39, 0.29) is 23.1 Å². The highest BCUT2D eigenvalue weighted by atomic mass is 32.2. The molecule has 176 valence electrons. The average molecular weight is 480 g/mol. The molecule has 1 aromatic heterocycles. The number of nitrogens with zero attached hydrogens (tertiary/aromatic N) is 2. The molecule has 0 fully saturated rings. The van der Waals surface area contributed by atoms with Crippen molar-refractivity contribution in [3.8, 4) is 5.75 Å². The van der Waals surface area contributed by atoms with Crippen LogP contribution in [0.1, 0.15) is 43.1 Å². The number of rotatable bonds is 6. The molecule has 0 radical (unpaired) electrons. The van der Waals surface area contributed by atoms with Crippen LogP contribution in [-0.2, 0) is 19.5 Å². The van der Waals surface area contributed by atoms with Crippen molar-refractivity contribution in [3.05, 3.63) is 88.0 Å². The molecular formula is C26H26FN3O3S. The molecule has 0 atom stereocenters. The van der Waals surface area contributed by atoms with Crippen molar-refractivity contribution in [2.45, 2.75) is 31.3 Å². The minimum Gasteiger partial charge on any atom is -0.494 e. The van der Waals surface area contributed by atoms with Gasteiger partial charge in [0.2, 0.25) is 0 Å². The van der Waals surface area contributed by atoms with Crippen molar-refractivity contribution in [2.24, 2.45) is 0 Å². The molecule has 3 aromatic rings. The summed E-state index contributed by atoms with van der Waals surface area (Å²) in [4.78, 5) is 32.9. The minimum absolute atomic E-state index is 0.104. The van der Waals surface area contributed by atoms with E-state index in [1.54, 1.807) is 17.2 Å². The standard InChI is InChI=1S/C26H26FN3O3S/c1-16-21(14-29-25(31)20-6-4-5-7-24(20)34-3)19-10-11-30(15-18(19)13-28-16)26(32)17-8-9-23(33-2)22(27)12-17/h4-9,12-13H,10-11,14-15H2,1-3H3,(H,29,31). The molecule has 2 heterocycles. The maximum atomic E-state index is 14.1. The Bertz CT molecular complexity index is 1250. The Morgan fingerprint density at radius 3 is 2.76 bits per heavy atom. The lowest BCUT2D eigenvalue weighted by Gasteiger charge is -2.30. The monoisotopic (exact) mass is 479 g/mol. The largest absolute Gasteiger partial charge is 0.494 e. The summed E-state index contributed by atoms with van der Waals surface area (Å²) >= 11 is 1.53. The average Bonchev–Trinajstić information content (AvgIpc) is 2.87. The van der Waals surface area contributed by atoms with Crippen LogP contribution >= 0.6 is 11.8 Å². The highest BCUT2D eigenvalue weighted by Crippen LogP contribution is 2.26. The zero-order valence-electron chi connectivity index (χ0n) is 19.4. The summed E-state index contributed by atoms with van der Waals surface area (Å²) < 4.78 is 19.0. The van der Waals surface area contributed by atoms with E-state index in [9.17, 15) is 14.0 Å². The lowest BCUT2D eigenvalue weighted by Crippen LogP contribution is -2.37. The highest BCUT2D eigenvalue weighted by molar-refractivity contribution is 7.98. The Hall–Kier alpha value is -3.39. The van der Waals surface area contributed by atoms with Crippen molar-refractivity contribution in [1.29, 1.82) is 0 Å². The Labute approximate surface area is 202 Å². The Morgan fingerprint density at radius 1 is 1.24 bits per heavy atom. The molecule has 0 unspecified atom stereocenters. The first kappa shape index (κ1) is 23.8. The van der Waals surface area contributed by atoms with Crippen molar-refractivity contribution in [1.82, 2.24) is 15.2 Å². The lowest BCUT2D eigenvalue weighted by molar-refractivity contribution is 0.0733. The fraction of sp³-hybridized carbons (Fsp3) is 0.269. The number of thioether (sulfide) groups is 1. The van der Waals surface area contributed by atoms with Gasteiger partial charge < -0.3 is 15.0 Å². The van der Waals surface area contributed by atoms with E-state index in [4.69, 9.17) is 4.74 Å². The van der Waals surface area contributed by atoms with Crippen LogP contribution in [0.15, 0.2) is 53.6 Å². The van der Waals surface area contributed by atoms with E-state index < -0.39 is 5.82 Å². The number of fused-ring (bicyclic) bond motifs is 1. The first-order valence-corrected chi connectivity index (χ1v) is 12.2. The third kappa shape index (κ3) is 4.77. The minimum atomic E-state index is -0.566. The number of methoxy groups -OCH3 is 1.